The van der Waals surface area contributed by atoms with Crippen molar-refractivity contribution in [2.24, 2.45) is 5.92 Å². The summed E-state index contributed by atoms with van der Waals surface area (Å²) in [5.41, 5.74) is 3.19. The molecule has 0 aliphatic carbocycles. The highest BCUT2D eigenvalue weighted by atomic mass is 32.2. The highest BCUT2D eigenvalue weighted by Crippen LogP contribution is 2.30. The minimum Gasteiger partial charge on any atom is -0.388 e. The molecule has 1 aromatic carbocycles. The van der Waals surface area contributed by atoms with E-state index in [-0.39, 0.29) is 5.92 Å². The van der Waals surface area contributed by atoms with Crippen LogP contribution in [0.4, 0.5) is 0 Å². The molecule has 0 amide bonds. The molecule has 21 heavy (non-hydrogen) atoms. The van der Waals surface area contributed by atoms with Crippen molar-refractivity contribution < 1.29 is 13.5 Å². The lowest BCUT2D eigenvalue weighted by Crippen LogP contribution is -2.39. The maximum absolute atomic E-state index is 11.6. The Kier molecular flexibility index (Phi) is 5.07. The first kappa shape index (κ1) is 16.5. The van der Waals surface area contributed by atoms with Crippen LogP contribution in [0.1, 0.15) is 42.1 Å². The van der Waals surface area contributed by atoms with Gasteiger partial charge in [-0.1, -0.05) is 23.8 Å². The van der Waals surface area contributed by atoms with Crippen molar-refractivity contribution in [1.82, 2.24) is 4.31 Å². The third-order valence-electron chi connectivity index (χ3n) is 4.30. The molecule has 0 aromatic heterocycles. The molecule has 5 heteroatoms. The van der Waals surface area contributed by atoms with Crippen molar-refractivity contribution in [2.45, 2.75) is 39.2 Å². The molecule has 0 spiro atoms. The van der Waals surface area contributed by atoms with Gasteiger partial charge in [0.15, 0.2) is 0 Å². The van der Waals surface area contributed by atoms with E-state index < -0.39 is 16.1 Å². The average Bonchev–Trinajstić information content (AvgIpc) is 2.41. The highest BCUT2D eigenvalue weighted by molar-refractivity contribution is 7.88. The van der Waals surface area contributed by atoms with Gasteiger partial charge in [-0.05, 0) is 50.2 Å². The van der Waals surface area contributed by atoms with Crippen LogP contribution in [0.25, 0.3) is 0 Å². The average molecular weight is 311 g/mol. The van der Waals surface area contributed by atoms with E-state index in [1.165, 1.54) is 10.6 Å². The SMILES string of the molecule is Cc1ccc(C)c(C(O)CC2CCCN(S(C)(=O)=O)C2)c1. The molecule has 1 aliphatic rings. The fourth-order valence-electron chi connectivity index (χ4n) is 3.08. The predicted octanol–water partition coefficient (Wildman–Crippen LogP) is 2.40. The molecule has 0 radical (unpaired) electrons. The summed E-state index contributed by atoms with van der Waals surface area (Å²) in [6.45, 7) is 5.15. The maximum atomic E-state index is 11.6. The van der Waals surface area contributed by atoms with E-state index in [0.717, 1.165) is 29.5 Å². The van der Waals surface area contributed by atoms with Crippen molar-refractivity contribution in [2.75, 3.05) is 19.3 Å². The summed E-state index contributed by atoms with van der Waals surface area (Å²) in [5.74, 6) is 0.225. The molecule has 2 unspecified atom stereocenters. The molecule has 2 rings (SSSR count). The van der Waals surface area contributed by atoms with Crippen LogP contribution >= 0.6 is 0 Å². The Bertz CT molecular complexity index is 598. The zero-order chi connectivity index (χ0) is 15.6. The highest BCUT2D eigenvalue weighted by Gasteiger charge is 2.27. The molecule has 0 bridgehead atoms. The lowest BCUT2D eigenvalue weighted by molar-refractivity contribution is 0.122. The summed E-state index contributed by atoms with van der Waals surface area (Å²) >= 11 is 0. The van der Waals surface area contributed by atoms with E-state index in [4.69, 9.17) is 0 Å². The molecule has 1 aromatic rings. The van der Waals surface area contributed by atoms with Crippen LogP contribution in [0.2, 0.25) is 0 Å². The number of aliphatic hydroxyl groups is 1. The zero-order valence-electron chi connectivity index (χ0n) is 13.0. The van der Waals surface area contributed by atoms with Crippen LogP contribution in [0.15, 0.2) is 18.2 Å². The Morgan fingerprint density at radius 3 is 2.76 bits per heavy atom. The van der Waals surface area contributed by atoms with E-state index in [2.05, 4.69) is 0 Å². The summed E-state index contributed by atoms with van der Waals surface area (Å²) in [6, 6.07) is 6.09. The summed E-state index contributed by atoms with van der Waals surface area (Å²) in [7, 11) is -3.12. The van der Waals surface area contributed by atoms with Crippen molar-refractivity contribution in [1.29, 1.82) is 0 Å². The van der Waals surface area contributed by atoms with Gasteiger partial charge in [-0.15, -0.1) is 0 Å². The minimum absolute atomic E-state index is 0.225. The second kappa shape index (κ2) is 6.46. The first-order chi connectivity index (χ1) is 9.77. The third-order valence-corrected chi connectivity index (χ3v) is 5.57. The minimum atomic E-state index is -3.12. The van der Waals surface area contributed by atoms with Crippen LogP contribution in [0.3, 0.4) is 0 Å². The van der Waals surface area contributed by atoms with Crippen molar-refractivity contribution in [3.8, 4) is 0 Å². The summed E-state index contributed by atoms with van der Waals surface area (Å²) in [4.78, 5) is 0. The van der Waals surface area contributed by atoms with Crippen LogP contribution in [-0.4, -0.2) is 37.2 Å². The van der Waals surface area contributed by atoms with Gasteiger partial charge < -0.3 is 5.11 Å². The Morgan fingerprint density at radius 2 is 2.10 bits per heavy atom. The number of rotatable bonds is 4. The van der Waals surface area contributed by atoms with Gasteiger partial charge in [-0.2, -0.15) is 0 Å². The Labute approximate surface area is 127 Å². The van der Waals surface area contributed by atoms with Crippen molar-refractivity contribution in [3.63, 3.8) is 0 Å². The molecule has 2 atom stereocenters. The van der Waals surface area contributed by atoms with Crippen LogP contribution in [0.5, 0.6) is 0 Å². The normalized spacial score (nSPS) is 22.2. The largest absolute Gasteiger partial charge is 0.388 e. The molecule has 1 N–H and O–H groups in total. The fraction of sp³-hybridized carbons (Fsp3) is 0.625. The van der Waals surface area contributed by atoms with Crippen molar-refractivity contribution >= 4 is 10.0 Å². The number of aryl methyl sites for hydroxylation is 2. The van der Waals surface area contributed by atoms with Crippen LogP contribution in [0, 0.1) is 19.8 Å². The number of hydrogen-bond donors (Lipinski definition) is 1. The molecule has 1 heterocycles. The Hall–Kier alpha value is -0.910. The predicted molar refractivity (Wildman–Crippen MR) is 84.6 cm³/mol. The second-order valence-electron chi connectivity index (χ2n) is 6.24. The van der Waals surface area contributed by atoms with Gasteiger partial charge in [0.1, 0.15) is 0 Å². The molecule has 4 nitrogen and oxygen atoms in total. The summed E-state index contributed by atoms with van der Waals surface area (Å²) in [5, 5.41) is 10.5. The van der Waals surface area contributed by atoms with Crippen LogP contribution < -0.4 is 0 Å². The lowest BCUT2D eigenvalue weighted by Gasteiger charge is -2.32. The van der Waals surface area contributed by atoms with Gasteiger partial charge in [-0.25, -0.2) is 12.7 Å². The number of sulfonamides is 1. The second-order valence-corrected chi connectivity index (χ2v) is 8.22. The van der Waals surface area contributed by atoms with Gasteiger partial charge in [-0.3, -0.25) is 0 Å². The van der Waals surface area contributed by atoms with Gasteiger partial charge in [0.2, 0.25) is 10.0 Å². The monoisotopic (exact) mass is 311 g/mol. The van der Waals surface area contributed by atoms with E-state index in [1.54, 1.807) is 0 Å². The lowest BCUT2D eigenvalue weighted by atomic mass is 9.89. The molecular formula is C16H25NO3S. The van der Waals surface area contributed by atoms with Crippen molar-refractivity contribution in [3.05, 3.63) is 34.9 Å². The maximum Gasteiger partial charge on any atom is 0.211 e. The van der Waals surface area contributed by atoms with Gasteiger partial charge in [0, 0.05) is 13.1 Å². The van der Waals surface area contributed by atoms with E-state index in [9.17, 15) is 13.5 Å². The van der Waals surface area contributed by atoms with Gasteiger partial charge >= 0.3 is 0 Å². The van der Waals surface area contributed by atoms with E-state index >= 15 is 0 Å². The molecule has 118 valence electrons. The third kappa shape index (κ3) is 4.28. The summed E-state index contributed by atoms with van der Waals surface area (Å²) in [6.07, 6.45) is 3.22. The smallest absolute Gasteiger partial charge is 0.211 e. The Balaban J connectivity index is 2.05. The molecular weight excluding hydrogens is 286 g/mol. The first-order valence-electron chi connectivity index (χ1n) is 7.47. The molecule has 1 fully saturated rings. The van der Waals surface area contributed by atoms with Gasteiger partial charge in [0.25, 0.3) is 0 Å². The topological polar surface area (TPSA) is 57.6 Å². The number of piperidine rings is 1. The standard InChI is InChI=1S/C16H25NO3S/c1-12-6-7-13(2)15(9-12)16(18)10-14-5-4-8-17(11-14)21(3,19)20/h6-7,9,14,16,18H,4-5,8,10-11H2,1-3H3. The zero-order valence-corrected chi connectivity index (χ0v) is 13.9. The molecule has 1 saturated heterocycles. The number of benzene rings is 1. The number of hydrogen-bond acceptors (Lipinski definition) is 3. The van der Waals surface area contributed by atoms with Crippen LogP contribution in [-0.2, 0) is 10.0 Å². The summed E-state index contributed by atoms with van der Waals surface area (Å²) < 4.78 is 24.8. The molecule has 1 aliphatic heterocycles. The van der Waals surface area contributed by atoms with E-state index in [1.807, 2.05) is 32.0 Å². The number of nitrogens with zero attached hydrogens (tertiary/aromatic N) is 1. The Morgan fingerprint density at radius 1 is 1.38 bits per heavy atom. The fourth-order valence-corrected chi connectivity index (χ4v) is 4.02. The number of aliphatic hydroxyl groups excluding tert-OH is 1. The van der Waals surface area contributed by atoms with Gasteiger partial charge in [0.05, 0.1) is 12.4 Å². The quantitative estimate of drug-likeness (QED) is 0.929. The first-order valence-corrected chi connectivity index (χ1v) is 9.32. The molecule has 0 saturated carbocycles. The van der Waals surface area contributed by atoms with E-state index in [0.29, 0.717) is 19.5 Å².